The van der Waals surface area contributed by atoms with Gasteiger partial charge in [-0.15, -0.1) is 11.8 Å². The lowest BCUT2D eigenvalue weighted by Crippen LogP contribution is -2.31. The number of benzene rings is 3. The summed E-state index contributed by atoms with van der Waals surface area (Å²) < 4.78 is 46.7. The number of carbonyl (C=O) groups excluding carboxylic acids is 1. The van der Waals surface area contributed by atoms with Gasteiger partial charge in [0.05, 0.1) is 23.7 Å². The second kappa shape index (κ2) is 9.44. The largest absolute Gasteiger partial charge is 0.495 e. The van der Waals surface area contributed by atoms with E-state index in [2.05, 4.69) is 5.32 Å². The van der Waals surface area contributed by atoms with E-state index >= 15 is 0 Å². The molecule has 33 heavy (non-hydrogen) atoms. The lowest BCUT2D eigenvalue weighted by molar-refractivity contribution is 0.0934. The first-order chi connectivity index (χ1) is 15.8. The van der Waals surface area contributed by atoms with Gasteiger partial charge in [0, 0.05) is 23.3 Å². The monoisotopic (exact) mass is 486 g/mol. The van der Waals surface area contributed by atoms with Gasteiger partial charge in [-0.3, -0.25) is 9.10 Å². The zero-order chi connectivity index (χ0) is 23.6. The standard InChI is InChI=1S/C24H23FN2O4S2/c1-27(21-8-3-4-9-22(21)31-2)33(29,30)17-12-10-16(11-13-17)24(28)26-20-14-15-32-23-18(20)6-5-7-19(23)25/h3-13,20H,14-15H2,1-2H3,(H,26,28)/t20-/m0/s1. The van der Waals surface area contributed by atoms with Gasteiger partial charge < -0.3 is 10.1 Å². The molecular weight excluding hydrogens is 463 g/mol. The molecule has 0 bridgehead atoms. The van der Waals surface area contributed by atoms with E-state index in [0.29, 0.717) is 34.1 Å². The molecule has 0 saturated carbocycles. The highest BCUT2D eigenvalue weighted by atomic mass is 32.2. The summed E-state index contributed by atoms with van der Waals surface area (Å²) >= 11 is 1.44. The summed E-state index contributed by atoms with van der Waals surface area (Å²) in [5.74, 6) is 0.502. The van der Waals surface area contributed by atoms with E-state index in [4.69, 9.17) is 4.74 Å². The Morgan fingerprint density at radius 1 is 1.09 bits per heavy atom. The number of methoxy groups -OCH3 is 1. The van der Waals surface area contributed by atoms with Crippen molar-refractivity contribution in [3.63, 3.8) is 0 Å². The van der Waals surface area contributed by atoms with Gasteiger partial charge in [-0.1, -0.05) is 24.3 Å². The molecule has 1 N–H and O–H groups in total. The van der Waals surface area contributed by atoms with Crippen LogP contribution in [-0.2, 0) is 10.0 Å². The van der Waals surface area contributed by atoms with E-state index in [0.717, 1.165) is 9.87 Å². The van der Waals surface area contributed by atoms with Crippen LogP contribution in [-0.4, -0.2) is 34.2 Å². The summed E-state index contributed by atoms with van der Waals surface area (Å²) in [5.41, 5.74) is 1.49. The predicted octanol–water partition coefficient (Wildman–Crippen LogP) is 4.63. The number of anilines is 1. The van der Waals surface area contributed by atoms with Gasteiger partial charge in [-0.05, 0) is 54.4 Å². The van der Waals surface area contributed by atoms with E-state index in [1.165, 1.54) is 56.3 Å². The van der Waals surface area contributed by atoms with Gasteiger partial charge in [-0.2, -0.15) is 0 Å². The SMILES string of the molecule is COc1ccccc1N(C)S(=O)(=O)c1ccc(C(=O)N[C@H]2CCSc3c(F)cccc32)cc1. The van der Waals surface area contributed by atoms with Crippen LogP contribution in [0, 0.1) is 5.82 Å². The third-order valence-electron chi connectivity index (χ3n) is 5.53. The molecule has 1 aliphatic heterocycles. The van der Waals surface area contributed by atoms with Crippen molar-refractivity contribution in [3.8, 4) is 5.75 Å². The average molecular weight is 487 g/mol. The Hall–Kier alpha value is -3.04. The fourth-order valence-corrected chi connectivity index (χ4v) is 6.08. The van der Waals surface area contributed by atoms with Crippen LogP contribution in [0.2, 0.25) is 0 Å². The number of thioether (sulfide) groups is 1. The fraction of sp³-hybridized carbons (Fsp3) is 0.208. The van der Waals surface area contributed by atoms with Crippen LogP contribution in [0.3, 0.4) is 0 Å². The first-order valence-electron chi connectivity index (χ1n) is 10.3. The molecule has 1 amide bonds. The molecule has 6 nitrogen and oxygen atoms in total. The summed E-state index contributed by atoms with van der Waals surface area (Å²) in [6, 6.07) is 17.1. The van der Waals surface area contributed by atoms with Gasteiger partial charge in [0.2, 0.25) is 0 Å². The van der Waals surface area contributed by atoms with E-state index in [1.54, 1.807) is 30.3 Å². The molecule has 0 aromatic heterocycles. The summed E-state index contributed by atoms with van der Waals surface area (Å²) in [7, 11) is -0.935. The van der Waals surface area contributed by atoms with Crippen molar-refractivity contribution in [2.45, 2.75) is 22.3 Å². The van der Waals surface area contributed by atoms with Gasteiger partial charge in [0.25, 0.3) is 15.9 Å². The molecule has 172 valence electrons. The number of hydrogen-bond acceptors (Lipinski definition) is 5. The van der Waals surface area contributed by atoms with Crippen LogP contribution in [0.25, 0.3) is 0 Å². The molecule has 1 atom stereocenters. The number of nitrogens with zero attached hydrogens (tertiary/aromatic N) is 1. The lowest BCUT2D eigenvalue weighted by Gasteiger charge is -2.26. The second-order valence-corrected chi connectivity index (χ2v) is 10.6. The quantitative estimate of drug-likeness (QED) is 0.550. The third-order valence-corrected chi connectivity index (χ3v) is 8.48. The van der Waals surface area contributed by atoms with E-state index in [1.807, 2.05) is 6.07 Å². The number of ether oxygens (including phenoxy) is 1. The Morgan fingerprint density at radius 2 is 1.82 bits per heavy atom. The Bertz CT molecular complexity index is 1280. The number of fused-ring (bicyclic) bond motifs is 1. The normalized spacial score (nSPS) is 15.4. The van der Waals surface area contributed by atoms with Gasteiger partial charge >= 0.3 is 0 Å². The molecule has 3 aromatic rings. The number of sulfonamides is 1. The molecule has 4 rings (SSSR count). The van der Waals surface area contributed by atoms with Gasteiger partial charge in [-0.25, -0.2) is 12.8 Å². The number of nitrogens with one attached hydrogen (secondary N) is 1. The average Bonchev–Trinajstić information content (AvgIpc) is 2.84. The molecule has 0 spiro atoms. The number of hydrogen-bond donors (Lipinski definition) is 1. The van der Waals surface area contributed by atoms with Crippen LogP contribution in [0.4, 0.5) is 10.1 Å². The molecule has 9 heteroatoms. The van der Waals surface area contributed by atoms with E-state index < -0.39 is 10.0 Å². The smallest absolute Gasteiger partial charge is 0.264 e. The number of para-hydroxylation sites is 2. The molecule has 0 fully saturated rings. The van der Waals surface area contributed by atoms with Crippen LogP contribution in [0.15, 0.2) is 76.5 Å². The fourth-order valence-electron chi connectivity index (χ4n) is 3.73. The van der Waals surface area contributed by atoms with Crippen molar-refractivity contribution in [1.29, 1.82) is 0 Å². The van der Waals surface area contributed by atoms with Crippen molar-refractivity contribution in [2.24, 2.45) is 0 Å². The predicted molar refractivity (Wildman–Crippen MR) is 127 cm³/mol. The Balaban J connectivity index is 1.53. The Kier molecular flexibility index (Phi) is 6.62. The number of amides is 1. The second-order valence-electron chi connectivity index (χ2n) is 7.49. The number of carbonyl (C=O) groups is 1. The van der Waals surface area contributed by atoms with Crippen LogP contribution in [0.5, 0.6) is 5.75 Å². The number of rotatable bonds is 6. The maximum absolute atomic E-state index is 14.1. The highest BCUT2D eigenvalue weighted by molar-refractivity contribution is 7.99. The maximum atomic E-state index is 14.1. The van der Waals surface area contributed by atoms with Crippen molar-refractivity contribution in [3.05, 3.63) is 83.7 Å². The molecule has 3 aromatic carbocycles. The summed E-state index contributed by atoms with van der Waals surface area (Å²) in [5, 5.41) is 2.95. The lowest BCUT2D eigenvalue weighted by atomic mass is 10.0. The van der Waals surface area contributed by atoms with Crippen LogP contribution >= 0.6 is 11.8 Å². The van der Waals surface area contributed by atoms with Crippen molar-refractivity contribution in [2.75, 3.05) is 24.2 Å². The molecule has 0 saturated heterocycles. The molecule has 0 radical (unpaired) electrons. The molecule has 0 unspecified atom stereocenters. The Morgan fingerprint density at radius 3 is 2.55 bits per heavy atom. The van der Waals surface area contributed by atoms with Crippen molar-refractivity contribution >= 4 is 33.4 Å². The summed E-state index contributed by atoms with van der Waals surface area (Å²) in [4.78, 5) is 13.4. The highest BCUT2D eigenvalue weighted by Crippen LogP contribution is 2.38. The van der Waals surface area contributed by atoms with E-state index in [-0.39, 0.29) is 22.7 Å². The third kappa shape index (κ3) is 4.56. The van der Waals surface area contributed by atoms with E-state index in [9.17, 15) is 17.6 Å². The minimum Gasteiger partial charge on any atom is -0.495 e. The molecule has 1 heterocycles. The number of halogens is 1. The topological polar surface area (TPSA) is 75.7 Å². The summed E-state index contributed by atoms with van der Waals surface area (Å²) in [6.45, 7) is 0. The van der Waals surface area contributed by atoms with Crippen molar-refractivity contribution < 1.29 is 22.3 Å². The van der Waals surface area contributed by atoms with Crippen molar-refractivity contribution in [1.82, 2.24) is 5.32 Å². The first kappa shape index (κ1) is 23.1. The van der Waals surface area contributed by atoms with Crippen LogP contribution in [0.1, 0.15) is 28.4 Å². The zero-order valence-corrected chi connectivity index (χ0v) is 19.8. The first-order valence-corrected chi connectivity index (χ1v) is 12.7. The summed E-state index contributed by atoms with van der Waals surface area (Å²) in [6.07, 6.45) is 0.684. The van der Waals surface area contributed by atoms with Gasteiger partial charge in [0.15, 0.2) is 0 Å². The maximum Gasteiger partial charge on any atom is 0.264 e. The molecule has 0 aliphatic carbocycles. The minimum absolute atomic E-state index is 0.0499. The van der Waals surface area contributed by atoms with Crippen LogP contribution < -0.4 is 14.4 Å². The zero-order valence-electron chi connectivity index (χ0n) is 18.1. The Labute approximate surface area is 196 Å². The minimum atomic E-state index is -3.86. The van der Waals surface area contributed by atoms with Gasteiger partial charge in [0.1, 0.15) is 11.6 Å². The molecular formula is C24H23FN2O4S2. The highest BCUT2D eigenvalue weighted by Gasteiger charge is 2.26. The molecule has 1 aliphatic rings.